The number of nitrogens with zero attached hydrogens (tertiary/aromatic N) is 4. The third-order valence-electron chi connectivity index (χ3n) is 4.05. The Labute approximate surface area is 149 Å². The van der Waals surface area contributed by atoms with Crippen LogP contribution in [0, 0.1) is 10.1 Å². The van der Waals surface area contributed by atoms with Gasteiger partial charge in [0, 0.05) is 28.9 Å². The molecule has 0 spiro atoms. The van der Waals surface area contributed by atoms with Crippen LogP contribution in [0.5, 0.6) is 0 Å². The van der Waals surface area contributed by atoms with Gasteiger partial charge in [0.1, 0.15) is 0 Å². The van der Waals surface area contributed by atoms with Gasteiger partial charge in [-0.15, -0.1) is 10.2 Å². The van der Waals surface area contributed by atoms with Gasteiger partial charge in [0.25, 0.3) is 5.69 Å². The molecule has 4 rings (SSSR count). The molecule has 0 amide bonds. The largest absolute Gasteiger partial charge is 0.275 e. The standard InChI is InChI=1S/C20H14N4O2/c25-24(26)18-13-11-16(12-14-18)20-22-21-19(15-7-3-1-4-8-15)23(20)17-9-5-2-6-10-17/h1-14H. The van der Waals surface area contributed by atoms with E-state index in [9.17, 15) is 10.1 Å². The average Bonchev–Trinajstić information content (AvgIpc) is 3.14. The predicted octanol–water partition coefficient (Wildman–Crippen LogP) is 4.51. The van der Waals surface area contributed by atoms with E-state index in [-0.39, 0.29) is 5.69 Å². The molecule has 0 aliphatic carbocycles. The number of rotatable bonds is 4. The number of nitro benzene ring substituents is 1. The molecule has 1 aromatic heterocycles. The molecule has 6 nitrogen and oxygen atoms in total. The summed E-state index contributed by atoms with van der Waals surface area (Å²) in [5.74, 6) is 1.34. The molecule has 0 aliphatic heterocycles. The van der Waals surface area contributed by atoms with Crippen LogP contribution in [0.4, 0.5) is 5.69 Å². The number of para-hydroxylation sites is 1. The highest BCUT2D eigenvalue weighted by molar-refractivity contribution is 5.67. The fourth-order valence-corrected chi connectivity index (χ4v) is 2.80. The molecule has 0 fully saturated rings. The maximum atomic E-state index is 10.9. The molecule has 0 N–H and O–H groups in total. The van der Waals surface area contributed by atoms with Gasteiger partial charge in [0.05, 0.1) is 4.92 Å². The second kappa shape index (κ2) is 6.60. The van der Waals surface area contributed by atoms with Crippen molar-refractivity contribution in [2.75, 3.05) is 0 Å². The summed E-state index contributed by atoms with van der Waals surface area (Å²) in [4.78, 5) is 10.5. The topological polar surface area (TPSA) is 73.8 Å². The lowest BCUT2D eigenvalue weighted by Crippen LogP contribution is -2.00. The van der Waals surface area contributed by atoms with Gasteiger partial charge >= 0.3 is 0 Å². The van der Waals surface area contributed by atoms with Crippen molar-refractivity contribution in [3.8, 4) is 28.5 Å². The van der Waals surface area contributed by atoms with Crippen molar-refractivity contribution in [1.82, 2.24) is 14.8 Å². The molecule has 26 heavy (non-hydrogen) atoms. The summed E-state index contributed by atoms with van der Waals surface area (Å²) in [6.07, 6.45) is 0. The summed E-state index contributed by atoms with van der Waals surface area (Å²) in [5.41, 5.74) is 2.67. The predicted molar refractivity (Wildman–Crippen MR) is 98.9 cm³/mol. The van der Waals surface area contributed by atoms with Crippen LogP contribution in [0.2, 0.25) is 0 Å². The molecule has 3 aromatic carbocycles. The second-order valence-corrected chi connectivity index (χ2v) is 5.69. The van der Waals surface area contributed by atoms with Crippen LogP contribution in [0.25, 0.3) is 28.5 Å². The zero-order chi connectivity index (χ0) is 17.9. The first-order chi connectivity index (χ1) is 12.7. The number of aromatic nitrogens is 3. The third-order valence-corrected chi connectivity index (χ3v) is 4.05. The smallest absolute Gasteiger partial charge is 0.269 e. The van der Waals surface area contributed by atoms with E-state index in [1.165, 1.54) is 12.1 Å². The van der Waals surface area contributed by atoms with Gasteiger partial charge in [-0.25, -0.2) is 0 Å². The fraction of sp³-hybridized carbons (Fsp3) is 0. The Hall–Kier alpha value is -3.80. The highest BCUT2D eigenvalue weighted by Crippen LogP contribution is 2.29. The van der Waals surface area contributed by atoms with Crippen molar-refractivity contribution in [1.29, 1.82) is 0 Å². The molecular formula is C20H14N4O2. The van der Waals surface area contributed by atoms with Crippen molar-refractivity contribution < 1.29 is 4.92 Å². The van der Waals surface area contributed by atoms with Crippen molar-refractivity contribution in [3.63, 3.8) is 0 Å². The highest BCUT2D eigenvalue weighted by atomic mass is 16.6. The molecule has 126 valence electrons. The summed E-state index contributed by atoms with van der Waals surface area (Å²) in [6, 6.07) is 25.9. The van der Waals surface area contributed by atoms with E-state index in [0.717, 1.165) is 16.8 Å². The first-order valence-electron chi connectivity index (χ1n) is 8.05. The lowest BCUT2D eigenvalue weighted by atomic mass is 10.1. The van der Waals surface area contributed by atoms with Crippen LogP contribution in [0.3, 0.4) is 0 Å². The Balaban J connectivity index is 1.90. The maximum Gasteiger partial charge on any atom is 0.269 e. The van der Waals surface area contributed by atoms with Gasteiger partial charge in [-0.05, 0) is 24.3 Å². The Bertz CT molecular complexity index is 1040. The zero-order valence-corrected chi connectivity index (χ0v) is 13.7. The van der Waals surface area contributed by atoms with Crippen molar-refractivity contribution in [3.05, 3.63) is 95.0 Å². The van der Waals surface area contributed by atoms with Gasteiger partial charge < -0.3 is 0 Å². The first kappa shape index (κ1) is 15.7. The number of hydrogen-bond donors (Lipinski definition) is 0. The number of nitro groups is 1. The minimum absolute atomic E-state index is 0.0443. The van der Waals surface area contributed by atoms with Gasteiger partial charge in [-0.1, -0.05) is 48.5 Å². The average molecular weight is 342 g/mol. The van der Waals surface area contributed by atoms with Crippen LogP contribution in [-0.4, -0.2) is 19.7 Å². The minimum atomic E-state index is -0.416. The van der Waals surface area contributed by atoms with Crippen LogP contribution < -0.4 is 0 Å². The van der Waals surface area contributed by atoms with E-state index in [0.29, 0.717) is 11.6 Å². The van der Waals surface area contributed by atoms with Crippen LogP contribution >= 0.6 is 0 Å². The Kier molecular flexibility index (Phi) is 3.99. The van der Waals surface area contributed by atoms with E-state index >= 15 is 0 Å². The molecule has 0 saturated heterocycles. The van der Waals surface area contributed by atoms with E-state index in [1.807, 2.05) is 65.2 Å². The van der Waals surface area contributed by atoms with E-state index in [2.05, 4.69) is 10.2 Å². The molecule has 1 heterocycles. The van der Waals surface area contributed by atoms with Crippen molar-refractivity contribution in [2.24, 2.45) is 0 Å². The number of non-ortho nitro benzene ring substituents is 1. The van der Waals surface area contributed by atoms with Crippen LogP contribution in [-0.2, 0) is 0 Å². The lowest BCUT2D eigenvalue weighted by molar-refractivity contribution is -0.384. The lowest BCUT2D eigenvalue weighted by Gasteiger charge is -2.10. The normalized spacial score (nSPS) is 10.6. The summed E-state index contributed by atoms with van der Waals surface area (Å²) in [5, 5.41) is 19.6. The minimum Gasteiger partial charge on any atom is -0.275 e. The Morgan fingerprint density at radius 3 is 1.73 bits per heavy atom. The van der Waals surface area contributed by atoms with Gasteiger partial charge in [0.15, 0.2) is 11.6 Å². The molecule has 0 bridgehead atoms. The fourth-order valence-electron chi connectivity index (χ4n) is 2.80. The summed E-state index contributed by atoms with van der Waals surface area (Å²) in [6.45, 7) is 0. The first-order valence-corrected chi connectivity index (χ1v) is 8.05. The Morgan fingerprint density at radius 2 is 1.19 bits per heavy atom. The van der Waals surface area contributed by atoms with Gasteiger partial charge in [0.2, 0.25) is 0 Å². The maximum absolute atomic E-state index is 10.9. The molecule has 0 aliphatic rings. The summed E-state index contributed by atoms with van der Waals surface area (Å²) >= 11 is 0. The Morgan fingerprint density at radius 1 is 0.692 bits per heavy atom. The van der Waals surface area contributed by atoms with E-state index < -0.39 is 4.92 Å². The quantitative estimate of drug-likeness (QED) is 0.404. The summed E-state index contributed by atoms with van der Waals surface area (Å²) < 4.78 is 1.95. The van der Waals surface area contributed by atoms with Crippen molar-refractivity contribution >= 4 is 5.69 Å². The molecule has 0 atom stereocenters. The van der Waals surface area contributed by atoms with Gasteiger partial charge in [-0.3, -0.25) is 14.7 Å². The molecule has 0 radical (unpaired) electrons. The SMILES string of the molecule is O=[N+]([O-])c1ccc(-c2nnc(-c3ccccc3)n2-c2ccccc2)cc1. The van der Waals surface area contributed by atoms with E-state index in [1.54, 1.807) is 12.1 Å². The number of hydrogen-bond acceptors (Lipinski definition) is 4. The van der Waals surface area contributed by atoms with E-state index in [4.69, 9.17) is 0 Å². The monoisotopic (exact) mass is 342 g/mol. The van der Waals surface area contributed by atoms with Gasteiger partial charge in [-0.2, -0.15) is 0 Å². The van der Waals surface area contributed by atoms with Crippen LogP contribution in [0.15, 0.2) is 84.9 Å². The molecule has 0 saturated carbocycles. The molecule has 6 heteroatoms. The second-order valence-electron chi connectivity index (χ2n) is 5.69. The number of benzene rings is 3. The third kappa shape index (κ3) is 2.84. The van der Waals surface area contributed by atoms with Crippen molar-refractivity contribution in [2.45, 2.75) is 0 Å². The zero-order valence-electron chi connectivity index (χ0n) is 13.7. The van der Waals surface area contributed by atoms with Crippen LogP contribution in [0.1, 0.15) is 0 Å². The molecular weight excluding hydrogens is 328 g/mol. The summed E-state index contributed by atoms with van der Waals surface area (Å²) in [7, 11) is 0. The highest BCUT2D eigenvalue weighted by Gasteiger charge is 2.17. The molecule has 0 unspecified atom stereocenters. The molecule has 4 aromatic rings.